The molecule has 1 aliphatic rings. The monoisotopic (exact) mass is 328 g/mol. The van der Waals surface area contributed by atoms with Crippen molar-refractivity contribution in [2.75, 3.05) is 18.0 Å². The summed E-state index contributed by atoms with van der Waals surface area (Å²) in [5.74, 6) is -5.73. The first-order valence-corrected chi connectivity index (χ1v) is 7.67. The smallest absolute Gasteiger partial charge is 0.227 e. The van der Waals surface area contributed by atoms with Gasteiger partial charge in [0.25, 0.3) is 0 Å². The van der Waals surface area contributed by atoms with Gasteiger partial charge in [0.05, 0.1) is 11.6 Å². The van der Waals surface area contributed by atoms with Gasteiger partial charge in [0.15, 0.2) is 17.5 Å². The molecule has 1 aromatic carbocycles. The second-order valence-corrected chi connectivity index (χ2v) is 5.60. The Kier molecular flexibility index (Phi) is 5.63. The van der Waals surface area contributed by atoms with Gasteiger partial charge >= 0.3 is 0 Å². The molecule has 126 valence electrons. The molecule has 2 amide bonds. The molecule has 1 unspecified atom stereocenters. The Balaban J connectivity index is 2.03. The molecule has 1 aromatic rings. The van der Waals surface area contributed by atoms with Gasteiger partial charge in [0, 0.05) is 19.5 Å². The number of carbonyl (C=O) groups is 2. The molecule has 7 heteroatoms. The van der Waals surface area contributed by atoms with Crippen LogP contribution in [0.5, 0.6) is 0 Å². The van der Waals surface area contributed by atoms with Crippen LogP contribution in [0.15, 0.2) is 12.1 Å². The largest absolute Gasteiger partial charge is 0.356 e. The molecule has 0 spiro atoms. The average molecular weight is 328 g/mol. The average Bonchev–Trinajstić information content (AvgIpc) is 2.91. The summed E-state index contributed by atoms with van der Waals surface area (Å²) in [4.78, 5) is 25.0. The van der Waals surface area contributed by atoms with Crippen LogP contribution >= 0.6 is 0 Å². The molecule has 2 rings (SSSR count). The van der Waals surface area contributed by atoms with Gasteiger partial charge in [0.1, 0.15) is 0 Å². The highest BCUT2D eigenvalue weighted by Gasteiger charge is 2.36. The summed E-state index contributed by atoms with van der Waals surface area (Å²) in [6.45, 7) is 2.53. The lowest BCUT2D eigenvalue weighted by Gasteiger charge is -2.17. The molecule has 1 aliphatic heterocycles. The van der Waals surface area contributed by atoms with Crippen molar-refractivity contribution in [3.8, 4) is 0 Å². The number of nitrogens with zero attached hydrogens (tertiary/aromatic N) is 1. The summed E-state index contributed by atoms with van der Waals surface area (Å²) in [5.41, 5.74) is -0.338. The van der Waals surface area contributed by atoms with Crippen LogP contribution in [0.2, 0.25) is 0 Å². The number of amides is 2. The standard InChI is InChI=1S/C16H19F3N2O2/c1-2-3-4-7-20-16(23)10-8-13(22)21(9-10)12-6-5-11(17)14(18)15(12)19/h5-6,10H,2-4,7-9H2,1H3,(H,20,23). The van der Waals surface area contributed by atoms with Crippen molar-refractivity contribution >= 4 is 17.5 Å². The third-order valence-corrected chi connectivity index (χ3v) is 3.88. The Labute approximate surface area is 132 Å². The Hall–Kier alpha value is -2.05. The molecule has 0 aliphatic carbocycles. The van der Waals surface area contributed by atoms with Crippen LogP contribution in [0.25, 0.3) is 0 Å². The zero-order valence-electron chi connectivity index (χ0n) is 12.9. The third kappa shape index (κ3) is 3.83. The van der Waals surface area contributed by atoms with E-state index in [-0.39, 0.29) is 24.6 Å². The molecule has 4 nitrogen and oxygen atoms in total. The minimum atomic E-state index is -1.62. The first kappa shape index (κ1) is 17.3. The third-order valence-electron chi connectivity index (χ3n) is 3.88. The van der Waals surface area contributed by atoms with E-state index in [4.69, 9.17) is 0 Å². The normalized spacial score (nSPS) is 17.7. The first-order chi connectivity index (χ1) is 11.0. The lowest BCUT2D eigenvalue weighted by molar-refractivity contribution is -0.126. The second kappa shape index (κ2) is 7.48. The molecule has 0 bridgehead atoms. The van der Waals surface area contributed by atoms with Crippen LogP contribution in [-0.4, -0.2) is 24.9 Å². The number of rotatable bonds is 6. The van der Waals surface area contributed by atoms with Gasteiger partial charge in [-0.3, -0.25) is 9.59 Å². The summed E-state index contributed by atoms with van der Waals surface area (Å²) in [6.07, 6.45) is 2.81. The number of hydrogen-bond donors (Lipinski definition) is 1. The van der Waals surface area contributed by atoms with Gasteiger partial charge in [-0.25, -0.2) is 13.2 Å². The Morgan fingerprint density at radius 1 is 1.26 bits per heavy atom. The van der Waals surface area contributed by atoms with E-state index in [9.17, 15) is 22.8 Å². The quantitative estimate of drug-likeness (QED) is 0.645. The number of halogens is 3. The number of carbonyl (C=O) groups excluding carboxylic acids is 2. The Morgan fingerprint density at radius 2 is 2.00 bits per heavy atom. The van der Waals surface area contributed by atoms with Crippen molar-refractivity contribution < 1.29 is 22.8 Å². The summed E-state index contributed by atoms with van der Waals surface area (Å²) < 4.78 is 40.1. The molecule has 23 heavy (non-hydrogen) atoms. The fraction of sp³-hybridized carbons (Fsp3) is 0.500. The predicted octanol–water partition coefficient (Wildman–Crippen LogP) is 2.76. The SMILES string of the molecule is CCCCCNC(=O)C1CC(=O)N(c2ccc(F)c(F)c2F)C1. The van der Waals surface area contributed by atoms with E-state index in [1.807, 2.05) is 6.92 Å². The topological polar surface area (TPSA) is 49.4 Å². The number of anilines is 1. The molecule has 1 saturated heterocycles. The summed E-state index contributed by atoms with van der Waals surface area (Å²) >= 11 is 0. The van der Waals surface area contributed by atoms with Crippen LogP contribution in [0.4, 0.5) is 18.9 Å². The first-order valence-electron chi connectivity index (χ1n) is 7.67. The highest BCUT2D eigenvalue weighted by Crippen LogP contribution is 2.29. The number of unbranched alkanes of at least 4 members (excludes halogenated alkanes) is 2. The minimum absolute atomic E-state index is 0.0412. The molecular weight excluding hydrogens is 309 g/mol. The van der Waals surface area contributed by atoms with E-state index in [0.717, 1.165) is 36.3 Å². The summed E-state index contributed by atoms with van der Waals surface area (Å²) in [5, 5.41) is 2.74. The summed E-state index contributed by atoms with van der Waals surface area (Å²) in [6, 6.07) is 1.77. The molecular formula is C16H19F3N2O2. The summed E-state index contributed by atoms with van der Waals surface area (Å²) in [7, 11) is 0. The molecule has 0 aromatic heterocycles. The highest BCUT2D eigenvalue weighted by molar-refractivity contribution is 6.00. The maximum atomic E-state index is 13.8. The molecule has 1 N–H and O–H groups in total. The number of benzene rings is 1. The van der Waals surface area contributed by atoms with Crippen molar-refractivity contribution in [2.24, 2.45) is 5.92 Å². The van der Waals surface area contributed by atoms with Gasteiger partial charge in [0.2, 0.25) is 11.8 Å². The maximum Gasteiger partial charge on any atom is 0.227 e. The lowest BCUT2D eigenvalue weighted by Crippen LogP contribution is -2.33. The predicted molar refractivity (Wildman–Crippen MR) is 79.3 cm³/mol. The Morgan fingerprint density at radius 3 is 2.70 bits per heavy atom. The fourth-order valence-electron chi connectivity index (χ4n) is 2.57. The van der Waals surface area contributed by atoms with Crippen molar-refractivity contribution in [3.05, 3.63) is 29.6 Å². The van der Waals surface area contributed by atoms with E-state index in [1.165, 1.54) is 0 Å². The van der Waals surface area contributed by atoms with E-state index in [0.29, 0.717) is 6.54 Å². The van der Waals surface area contributed by atoms with Crippen LogP contribution < -0.4 is 10.2 Å². The highest BCUT2D eigenvalue weighted by atomic mass is 19.2. The molecule has 0 saturated carbocycles. The van der Waals surface area contributed by atoms with Gasteiger partial charge in [-0.05, 0) is 18.6 Å². The Bertz CT molecular complexity index is 607. The lowest BCUT2D eigenvalue weighted by atomic mass is 10.1. The number of nitrogens with one attached hydrogen (secondary N) is 1. The maximum absolute atomic E-state index is 13.8. The van der Waals surface area contributed by atoms with Crippen molar-refractivity contribution in [3.63, 3.8) is 0 Å². The molecule has 0 radical (unpaired) electrons. The second-order valence-electron chi connectivity index (χ2n) is 5.60. The molecule has 1 atom stereocenters. The van der Waals surface area contributed by atoms with E-state index in [2.05, 4.69) is 5.32 Å². The van der Waals surface area contributed by atoms with E-state index < -0.39 is 29.3 Å². The number of hydrogen-bond acceptors (Lipinski definition) is 2. The van der Waals surface area contributed by atoms with Gasteiger partial charge in [-0.2, -0.15) is 0 Å². The van der Waals surface area contributed by atoms with Gasteiger partial charge in [-0.1, -0.05) is 19.8 Å². The molecule has 1 heterocycles. The zero-order chi connectivity index (χ0) is 17.0. The fourth-order valence-corrected chi connectivity index (χ4v) is 2.57. The van der Waals surface area contributed by atoms with Crippen molar-refractivity contribution in [1.82, 2.24) is 5.32 Å². The minimum Gasteiger partial charge on any atom is -0.356 e. The van der Waals surface area contributed by atoms with E-state index >= 15 is 0 Å². The van der Waals surface area contributed by atoms with Gasteiger partial charge in [-0.15, -0.1) is 0 Å². The van der Waals surface area contributed by atoms with Crippen molar-refractivity contribution in [1.29, 1.82) is 0 Å². The van der Waals surface area contributed by atoms with Crippen LogP contribution in [-0.2, 0) is 9.59 Å². The van der Waals surface area contributed by atoms with Crippen LogP contribution in [0.3, 0.4) is 0 Å². The zero-order valence-corrected chi connectivity index (χ0v) is 12.9. The van der Waals surface area contributed by atoms with Crippen LogP contribution in [0, 0.1) is 23.4 Å². The van der Waals surface area contributed by atoms with Gasteiger partial charge < -0.3 is 10.2 Å². The van der Waals surface area contributed by atoms with Crippen molar-refractivity contribution in [2.45, 2.75) is 32.6 Å². The van der Waals surface area contributed by atoms with E-state index in [1.54, 1.807) is 0 Å². The molecule has 1 fully saturated rings. The van der Waals surface area contributed by atoms with Crippen LogP contribution in [0.1, 0.15) is 32.6 Å².